The summed E-state index contributed by atoms with van der Waals surface area (Å²) in [5.74, 6) is 2.00. The van der Waals surface area contributed by atoms with Crippen LogP contribution in [0.25, 0.3) is 0 Å². The molecule has 1 aromatic rings. The molecule has 0 saturated carbocycles. The van der Waals surface area contributed by atoms with E-state index in [9.17, 15) is 4.79 Å². The third-order valence-electron chi connectivity index (χ3n) is 5.26. The fourth-order valence-electron chi connectivity index (χ4n) is 2.36. The number of nitrogens with zero attached hydrogens (tertiary/aromatic N) is 1. The van der Waals surface area contributed by atoms with Crippen LogP contribution in [0.2, 0.25) is 0 Å². The predicted molar refractivity (Wildman–Crippen MR) is 316 cm³/mol. The van der Waals surface area contributed by atoms with Gasteiger partial charge in [0.1, 0.15) is 54.3 Å². The molecule has 0 radical (unpaired) electrons. The first kappa shape index (κ1) is 144. The largest absolute Gasteiger partial charge is 0.394 e. The number of carbonyl (C=O) groups is 9. The van der Waals surface area contributed by atoms with Crippen molar-refractivity contribution in [3.63, 3.8) is 0 Å². The zero-order valence-electron chi connectivity index (χ0n) is 51.1. The minimum atomic E-state index is -0.167. The van der Waals surface area contributed by atoms with Gasteiger partial charge < -0.3 is 100 Å². The van der Waals surface area contributed by atoms with Gasteiger partial charge in [-0.1, -0.05) is 119 Å². The van der Waals surface area contributed by atoms with Gasteiger partial charge in [-0.15, -0.1) is 0 Å². The summed E-state index contributed by atoms with van der Waals surface area (Å²) in [6.45, 7) is 55.5. The summed E-state index contributed by atoms with van der Waals surface area (Å²) < 4.78 is 5.23. The number of likely N-dealkylation sites (tertiary alicyclic amines) is 1. The molecule has 20 nitrogen and oxygen atoms in total. The number of aryl methyl sites for hydroxylation is 1. The standard InChI is InChI=1S/C8H10.C7H13NO.C6H14O.2C5H12.C3H8O.2C2H6.5CH5N.8CH2O.3H3N/c1-2-8-6-4-3-5-7-8;1-7(9)8-5-3-2-4-6-8;1-5-7-6(2,3)4;2*1-4-5(2)3;1-3(2)4;15*1-2;;;/h3-7H,2H2,1H3;2-6H2,1H3;5H2,1-4H3;2*5H,4H2,1-3H3;3-4H,1-2H3;2*1-2H3;5*2H2,1H3;8*1H2;3*1H3. The third-order valence-corrected chi connectivity index (χ3v) is 5.26. The average Bonchev–Trinajstić information content (AvgIpc) is 3.43. The number of hydrogen-bond acceptors (Lipinski definition) is 19. The van der Waals surface area contributed by atoms with Crippen LogP contribution >= 0.6 is 0 Å². The summed E-state index contributed by atoms with van der Waals surface area (Å²) in [7, 11) is 7.50. The Kier molecular flexibility index (Phi) is 464. The van der Waals surface area contributed by atoms with Gasteiger partial charge in [-0.05, 0) is 120 Å². The quantitative estimate of drug-likeness (QED) is 0.136. The summed E-state index contributed by atoms with van der Waals surface area (Å²) in [6, 6.07) is 10.5. The molecule has 1 fully saturated rings. The van der Waals surface area contributed by atoms with Crippen molar-refractivity contribution in [3.05, 3.63) is 35.9 Å². The van der Waals surface area contributed by atoms with Crippen LogP contribution in [0.15, 0.2) is 30.3 Å². The zero-order valence-corrected chi connectivity index (χ0v) is 51.1. The van der Waals surface area contributed by atoms with Gasteiger partial charge in [0.2, 0.25) is 5.91 Å². The molecule has 1 aliphatic rings. The highest BCUT2D eigenvalue weighted by Gasteiger charge is 2.11. The molecule has 0 spiro atoms. The Bertz CT molecular complexity index is 712. The molecule has 1 saturated heterocycles. The van der Waals surface area contributed by atoms with Gasteiger partial charge in [-0.25, -0.2) is 0 Å². The number of rotatable bonds is 4. The molecule has 1 amide bonds. The first-order valence-electron chi connectivity index (χ1n) is 22.4. The number of ether oxygens (including phenoxy) is 1. The summed E-state index contributed by atoms with van der Waals surface area (Å²) in [5.41, 5.74) is 24.0. The van der Waals surface area contributed by atoms with Crippen molar-refractivity contribution in [1.82, 2.24) is 23.4 Å². The molecule has 20 N–H and O–H groups in total. The molecular weight excluding hydrogens is 915 g/mol. The molecule has 0 aliphatic carbocycles. The lowest BCUT2D eigenvalue weighted by Gasteiger charge is -2.24. The second-order valence-corrected chi connectivity index (χ2v) is 11.6. The topological polar surface area (TPSA) is 421 Å². The van der Waals surface area contributed by atoms with Crippen molar-refractivity contribution in [2.75, 3.05) is 54.9 Å². The molecule has 1 heterocycles. The summed E-state index contributed by atoms with van der Waals surface area (Å²) in [5, 5.41) is 8.06. The van der Waals surface area contributed by atoms with Crippen LogP contribution in [0.4, 0.5) is 0 Å². The summed E-state index contributed by atoms with van der Waals surface area (Å²) in [6.07, 6.45) is 7.27. The van der Waals surface area contributed by atoms with E-state index < -0.39 is 0 Å². The van der Waals surface area contributed by atoms with E-state index in [1.165, 1.54) is 72.9 Å². The Morgan fingerprint density at radius 2 is 0.732 bits per heavy atom. The van der Waals surface area contributed by atoms with Gasteiger partial charge >= 0.3 is 0 Å². The smallest absolute Gasteiger partial charge is 0.219 e. The van der Waals surface area contributed by atoms with Gasteiger partial charge in [-0.2, -0.15) is 0 Å². The first-order valence-corrected chi connectivity index (χ1v) is 22.4. The van der Waals surface area contributed by atoms with Gasteiger partial charge in [-0.3, -0.25) is 4.79 Å². The summed E-state index contributed by atoms with van der Waals surface area (Å²) >= 11 is 0. The number of aliphatic hydroxyl groups is 1. The number of piperidine rings is 1. The Labute approximate surface area is 441 Å². The highest BCUT2D eigenvalue weighted by molar-refractivity contribution is 5.73. The maximum atomic E-state index is 10.7. The zero-order chi connectivity index (χ0) is 60.6. The van der Waals surface area contributed by atoms with E-state index in [1.54, 1.807) is 20.8 Å². The van der Waals surface area contributed by atoms with E-state index in [-0.39, 0.29) is 36.1 Å². The lowest BCUT2D eigenvalue weighted by molar-refractivity contribution is -0.129. The predicted octanol–water partition coefficient (Wildman–Crippen LogP) is 8.51. The van der Waals surface area contributed by atoms with Crippen molar-refractivity contribution >= 4 is 60.2 Å². The van der Waals surface area contributed by atoms with Gasteiger partial charge in [0.25, 0.3) is 0 Å². The van der Waals surface area contributed by atoms with Gasteiger partial charge in [0, 0.05) is 32.7 Å². The molecule has 0 unspecified atom stereocenters. The average molecular weight is 1050 g/mol. The highest BCUT2D eigenvalue weighted by Crippen LogP contribution is 2.07. The SMILES string of the molecule is C=O.C=O.C=O.C=O.C=O.C=O.C=O.C=O.CC.CC.CC(=O)N1CCCCC1.CC(C)O.CCC(C)C.CCC(C)C.CCOC(C)(C)C.CCc1ccccc1.CN.CN.CN.CN.CN.N.N.N. The Morgan fingerprint density at radius 1 is 0.535 bits per heavy atom. The van der Waals surface area contributed by atoms with E-state index in [2.05, 4.69) is 122 Å². The lowest BCUT2D eigenvalue weighted by atomic mass is 10.1. The molecule has 0 atom stereocenters. The van der Waals surface area contributed by atoms with Crippen LogP contribution in [0.3, 0.4) is 0 Å². The third kappa shape index (κ3) is 404. The van der Waals surface area contributed by atoms with Crippen molar-refractivity contribution < 1.29 is 53.0 Å². The second kappa shape index (κ2) is 229. The van der Waals surface area contributed by atoms with Gasteiger partial charge in [0.15, 0.2) is 0 Å². The Morgan fingerprint density at radius 3 is 0.817 bits per heavy atom. The molecular formula is C51H131N9O11. The normalized spacial score (nSPS) is 7.63. The van der Waals surface area contributed by atoms with Crippen molar-refractivity contribution in [2.24, 2.45) is 40.5 Å². The van der Waals surface area contributed by atoms with Crippen LogP contribution in [0.5, 0.6) is 0 Å². The highest BCUT2D eigenvalue weighted by atomic mass is 16.5. The number of carbonyl (C=O) groups excluding carboxylic acids is 9. The number of nitrogens with two attached hydrogens (primary N) is 5. The molecule has 71 heavy (non-hydrogen) atoms. The minimum Gasteiger partial charge on any atom is -0.394 e. The van der Waals surface area contributed by atoms with E-state index >= 15 is 0 Å². The Balaban J connectivity index is -0.0000000184. The maximum absolute atomic E-state index is 10.7. The van der Waals surface area contributed by atoms with Crippen LogP contribution in [0.1, 0.15) is 162 Å². The maximum Gasteiger partial charge on any atom is 0.219 e. The molecule has 20 heteroatoms. The number of aliphatic hydroxyl groups excluding tert-OH is 1. The first-order chi connectivity index (χ1) is 32.6. The summed E-state index contributed by atoms with van der Waals surface area (Å²) in [4.78, 5) is 76.6. The van der Waals surface area contributed by atoms with Crippen molar-refractivity contribution in [1.29, 1.82) is 0 Å². The minimum absolute atomic E-state index is 0. The fraction of sp³-hybridized carbons (Fsp3) is 0.706. The molecule has 0 aromatic heterocycles. The lowest BCUT2D eigenvalue weighted by Crippen LogP contribution is -2.33. The number of benzene rings is 1. The van der Waals surface area contributed by atoms with Crippen molar-refractivity contribution in [3.8, 4) is 0 Å². The molecule has 1 aromatic carbocycles. The number of amides is 1. The van der Waals surface area contributed by atoms with E-state index in [4.69, 9.17) is 48.2 Å². The van der Waals surface area contributed by atoms with Crippen LogP contribution < -0.4 is 47.1 Å². The van der Waals surface area contributed by atoms with E-state index in [0.717, 1.165) is 38.0 Å². The molecule has 446 valence electrons. The second-order valence-electron chi connectivity index (χ2n) is 11.6. The monoisotopic (exact) mass is 1050 g/mol. The number of hydrogen-bond donors (Lipinski definition) is 9. The van der Waals surface area contributed by atoms with Crippen LogP contribution in [-0.4, -0.2) is 137 Å². The van der Waals surface area contributed by atoms with E-state index in [1.807, 2.05) is 99.9 Å². The van der Waals surface area contributed by atoms with E-state index in [0.29, 0.717) is 0 Å². The fourth-order valence-corrected chi connectivity index (χ4v) is 2.36. The Hall–Kier alpha value is -4.35. The molecule has 0 bridgehead atoms. The van der Waals surface area contributed by atoms with Crippen LogP contribution in [0, 0.1) is 11.8 Å². The van der Waals surface area contributed by atoms with Crippen LogP contribution in [-0.2, 0) is 54.3 Å². The van der Waals surface area contributed by atoms with Crippen molar-refractivity contribution in [2.45, 2.75) is 175 Å². The van der Waals surface area contributed by atoms with Gasteiger partial charge in [0.05, 0.1) is 5.60 Å². The molecule has 1 aliphatic heterocycles. The molecule has 2 rings (SSSR count).